The Bertz CT molecular complexity index is 698. The van der Waals surface area contributed by atoms with Gasteiger partial charge in [-0.25, -0.2) is 4.57 Å². The number of rotatable bonds is 26. The Morgan fingerprint density at radius 1 is 0.816 bits per heavy atom. The molecule has 2 unspecified atom stereocenters. The molecule has 0 aliphatic rings. The van der Waals surface area contributed by atoms with Gasteiger partial charge < -0.3 is 20.1 Å². The average Bonchev–Trinajstić information content (AvgIpc) is 2.89. The smallest absolute Gasteiger partial charge is 0.463 e. The number of hydrogen-bond acceptors (Lipinski definition) is 7. The lowest BCUT2D eigenvalue weighted by Crippen LogP contribution is -2.27. The van der Waals surface area contributed by atoms with E-state index in [-0.39, 0.29) is 32.1 Å². The number of carbonyl (C=O) groups is 2. The predicted octanol–water partition coefficient (Wildman–Crippen LogP) is 6.14. The zero-order chi connectivity index (χ0) is 28.3. The van der Waals surface area contributed by atoms with Crippen LogP contribution in [0.4, 0.5) is 0 Å². The second-order valence-corrected chi connectivity index (χ2v) is 10.8. The monoisotopic (exact) mass is 561 g/mol. The summed E-state index contributed by atoms with van der Waals surface area (Å²) in [5.41, 5.74) is 0. The molecule has 0 saturated heterocycles. The summed E-state index contributed by atoms with van der Waals surface area (Å²) in [5, 5.41) is 12.4. The fraction of sp³-hybridized carbons (Fsp3) is 0.786. The van der Waals surface area contributed by atoms with Gasteiger partial charge >= 0.3 is 13.8 Å². The number of phosphoric acid groups is 1. The Morgan fingerprint density at radius 3 is 2.16 bits per heavy atom. The highest BCUT2D eigenvalue weighted by Crippen LogP contribution is 2.42. The summed E-state index contributed by atoms with van der Waals surface area (Å²) in [6, 6.07) is 0. The summed E-state index contributed by atoms with van der Waals surface area (Å²) >= 11 is 0. The first kappa shape index (κ1) is 36.5. The third kappa shape index (κ3) is 26.1. The molecule has 0 saturated carbocycles. The van der Waals surface area contributed by atoms with Crippen molar-refractivity contribution in [3.05, 3.63) is 24.3 Å². The van der Waals surface area contributed by atoms with E-state index in [9.17, 15) is 24.2 Å². The van der Waals surface area contributed by atoms with E-state index >= 15 is 0 Å². The topological polar surface area (TPSA) is 131 Å². The van der Waals surface area contributed by atoms with E-state index in [1.165, 1.54) is 19.3 Å². The second kappa shape index (κ2) is 25.8. The molecular formula is C28H52NO8P. The predicted molar refractivity (Wildman–Crippen MR) is 151 cm³/mol. The highest BCUT2D eigenvalue weighted by atomic mass is 31.2. The first-order valence-corrected chi connectivity index (χ1v) is 15.8. The van der Waals surface area contributed by atoms with Crippen molar-refractivity contribution in [1.82, 2.24) is 5.32 Å². The van der Waals surface area contributed by atoms with Gasteiger partial charge in [0.1, 0.15) is 12.7 Å². The molecule has 1 amide bonds. The number of amides is 1. The van der Waals surface area contributed by atoms with Crippen molar-refractivity contribution in [3.63, 3.8) is 0 Å². The fourth-order valence-corrected chi connectivity index (χ4v) is 4.15. The van der Waals surface area contributed by atoms with Gasteiger partial charge in [-0.1, -0.05) is 83.1 Å². The number of aliphatic hydroxyl groups excluding tert-OH is 1. The van der Waals surface area contributed by atoms with E-state index in [0.29, 0.717) is 6.42 Å². The molecule has 0 aromatic rings. The van der Waals surface area contributed by atoms with Crippen LogP contribution in [0.3, 0.4) is 0 Å². The molecule has 0 aromatic heterocycles. The largest absolute Gasteiger partial charge is 0.472 e. The van der Waals surface area contributed by atoms with E-state index in [4.69, 9.17) is 13.8 Å². The third-order valence-corrected chi connectivity index (χ3v) is 6.62. The van der Waals surface area contributed by atoms with Crippen molar-refractivity contribution in [2.45, 2.75) is 116 Å². The maximum absolute atomic E-state index is 11.8. The van der Waals surface area contributed by atoms with Gasteiger partial charge in [0, 0.05) is 19.4 Å². The number of esters is 1. The van der Waals surface area contributed by atoms with Gasteiger partial charge in [0.05, 0.1) is 13.2 Å². The summed E-state index contributed by atoms with van der Waals surface area (Å²) < 4.78 is 26.3. The minimum Gasteiger partial charge on any atom is -0.463 e. The number of phosphoric ester groups is 1. The Balaban J connectivity index is 3.68. The highest BCUT2D eigenvalue weighted by Gasteiger charge is 2.23. The fourth-order valence-electron chi connectivity index (χ4n) is 3.39. The average molecular weight is 562 g/mol. The number of allylic oxidation sites excluding steroid dienone is 4. The normalized spacial score (nSPS) is 14.1. The van der Waals surface area contributed by atoms with E-state index in [1.807, 2.05) is 6.92 Å². The number of unbranched alkanes of at least 4 members (excludes halogenated alkanes) is 9. The molecule has 0 bridgehead atoms. The molecule has 0 fully saturated rings. The van der Waals surface area contributed by atoms with Crippen LogP contribution in [-0.4, -0.2) is 54.3 Å². The molecule has 38 heavy (non-hydrogen) atoms. The number of nitrogens with one attached hydrogen (secondary N) is 1. The van der Waals surface area contributed by atoms with E-state index in [1.54, 1.807) is 0 Å². The lowest BCUT2D eigenvalue weighted by atomic mass is 10.1. The van der Waals surface area contributed by atoms with Gasteiger partial charge in [0.2, 0.25) is 5.91 Å². The summed E-state index contributed by atoms with van der Waals surface area (Å²) in [6.45, 7) is 3.27. The van der Waals surface area contributed by atoms with Crippen molar-refractivity contribution in [3.8, 4) is 0 Å². The third-order valence-electron chi connectivity index (χ3n) is 5.63. The molecule has 0 aliphatic heterocycles. The molecule has 0 radical (unpaired) electrons. The SMILES string of the molecule is CCCC/C=C\C/C=C\CCCCCCCC(=O)OCC(O)COP(=O)(O)OCCNC(=O)CCCCC. The molecule has 0 aromatic carbocycles. The summed E-state index contributed by atoms with van der Waals surface area (Å²) in [5.74, 6) is -0.561. The van der Waals surface area contributed by atoms with Crippen molar-refractivity contribution in [2.75, 3.05) is 26.4 Å². The standard InChI is InChI=1S/C28H52NO8P/c1-3-5-7-8-9-10-11-12-13-14-15-16-17-19-21-28(32)35-24-26(30)25-37-38(33,34)36-23-22-29-27(31)20-18-6-4-2/h8-9,11-12,26,30H,3-7,10,13-25H2,1-2H3,(H,29,31)(H,33,34)/b9-8-,12-11-. The molecule has 0 aliphatic carbocycles. The minimum atomic E-state index is -4.38. The van der Waals surface area contributed by atoms with Crippen LogP contribution >= 0.6 is 7.82 Å². The Hall–Kier alpha value is -1.51. The van der Waals surface area contributed by atoms with Crippen molar-refractivity contribution in [2.24, 2.45) is 0 Å². The van der Waals surface area contributed by atoms with Crippen molar-refractivity contribution in [1.29, 1.82) is 0 Å². The van der Waals surface area contributed by atoms with Crippen LogP contribution in [0.5, 0.6) is 0 Å². The van der Waals surface area contributed by atoms with Crippen molar-refractivity contribution >= 4 is 19.7 Å². The number of carbonyl (C=O) groups excluding carboxylic acids is 2. The summed E-state index contributed by atoms with van der Waals surface area (Å²) in [4.78, 5) is 33.0. The minimum absolute atomic E-state index is 0.0765. The molecule has 10 heteroatoms. The number of hydrogen-bond donors (Lipinski definition) is 3. The van der Waals surface area contributed by atoms with Gasteiger partial charge in [0.15, 0.2) is 0 Å². The van der Waals surface area contributed by atoms with Gasteiger partial charge in [-0.15, -0.1) is 0 Å². The quantitative estimate of drug-likeness (QED) is 0.0496. The van der Waals surface area contributed by atoms with Crippen molar-refractivity contribution < 1.29 is 37.9 Å². The first-order chi connectivity index (χ1) is 18.3. The van der Waals surface area contributed by atoms with Crippen LogP contribution in [-0.2, 0) is 27.9 Å². The van der Waals surface area contributed by atoms with Crippen LogP contribution in [0.2, 0.25) is 0 Å². The molecule has 9 nitrogen and oxygen atoms in total. The summed E-state index contributed by atoms with van der Waals surface area (Å²) in [6.07, 6.45) is 21.8. The van der Waals surface area contributed by atoms with E-state index in [0.717, 1.165) is 64.2 Å². The van der Waals surface area contributed by atoms with Crippen LogP contribution in [0.1, 0.15) is 110 Å². The highest BCUT2D eigenvalue weighted by molar-refractivity contribution is 7.47. The number of aliphatic hydroxyl groups is 1. The maximum atomic E-state index is 11.8. The van der Waals surface area contributed by atoms with E-state index < -0.39 is 26.5 Å². The van der Waals surface area contributed by atoms with Crippen LogP contribution in [0.15, 0.2) is 24.3 Å². The Morgan fingerprint density at radius 2 is 1.45 bits per heavy atom. The first-order valence-electron chi connectivity index (χ1n) is 14.3. The van der Waals surface area contributed by atoms with Crippen LogP contribution < -0.4 is 5.32 Å². The Labute approximate surface area is 230 Å². The molecule has 0 heterocycles. The lowest BCUT2D eigenvalue weighted by molar-refractivity contribution is -0.147. The number of ether oxygens (including phenoxy) is 1. The lowest BCUT2D eigenvalue weighted by Gasteiger charge is -2.15. The zero-order valence-electron chi connectivity index (χ0n) is 23.6. The Kier molecular flexibility index (Phi) is 24.7. The zero-order valence-corrected chi connectivity index (χ0v) is 24.5. The maximum Gasteiger partial charge on any atom is 0.472 e. The molecule has 2 atom stereocenters. The van der Waals surface area contributed by atoms with E-state index in [2.05, 4.69) is 36.5 Å². The van der Waals surface area contributed by atoms with Gasteiger partial charge in [-0.3, -0.25) is 18.6 Å². The molecule has 3 N–H and O–H groups in total. The molecule has 0 spiro atoms. The van der Waals surface area contributed by atoms with Gasteiger partial charge in [-0.2, -0.15) is 0 Å². The summed E-state index contributed by atoms with van der Waals surface area (Å²) in [7, 11) is -4.38. The second-order valence-electron chi connectivity index (χ2n) is 9.37. The molecule has 222 valence electrons. The molecular weight excluding hydrogens is 509 g/mol. The van der Waals surface area contributed by atoms with Gasteiger partial charge in [0.25, 0.3) is 0 Å². The van der Waals surface area contributed by atoms with Gasteiger partial charge in [-0.05, 0) is 38.5 Å². The molecule has 0 rings (SSSR count). The van der Waals surface area contributed by atoms with Crippen LogP contribution in [0.25, 0.3) is 0 Å². The van der Waals surface area contributed by atoms with Crippen LogP contribution in [0, 0.1) is 0 Å².